The van der Waals surface area contributed by atoms with E-state index >= 15 is 0 Å². The van der Waals surface area contributed by atoms with E-state index in [2.05, 4.69) is 49.9 Å². The third kappa shape index (κ3) is 1.15. The summed E-state index contributed by atoms with van der Waals surface area (Å²) in [7, 11) is 0. The molecule has 0 aromatic heterocycles. The average Bonchev–Trinajstić information content (AvgIpc) is 2.60. The molecule has 0 N–H and O–H groups in total. The number of rotatable bonds is 1. The van der Waals surface area contributed by atoms with Crippen LogP contribution in [-0.2, 0) is 0 Å². The van der Waals surface area contributed by atoms with Crippen LogP contribution in [0.25, 0.3) is 17.7 Å². The van der Waals surface area contributed by atoms with E-state index in [4.69, 9.17) is 0 Å². The van der Waals surface area contributed by atoms with Gasteiger partial charge in [-0.2, -0.15) is 0 Å². The van der Waals surface area contributed by atoms with Crippen LogP contribution in [-0.4, -0.2) is 0 Å². The summed E-state index contributed by atoms with van der Waals surface area (Å²) in [6.45, 7) is 5.89. The Hall–Kier alpha value is -1.56. The Morgan fingerprint density at radius 1 is 1.23 bits per heavy atom. The Morgan fingerprint density at radius 2 is 2.08 bits per heavy atom. The second kappa shape index (κ2) is 3.06. The van der Waals surface area contributed by atoms with E-state index in [1.54, 1.807) is 0 Å². The van der Waals surface area contributed by atoms with Crippen LogP contribution in [0.2, 0.25) is 0 Å². The fourth-order valence-corrected chi connectivity index (χ4v) is 1.73. The molecule has 0 unspecified atom stereocenters. The summed E-state index contributed by atoms with van der Waals surface area (Å²) in [5.74, 6) is 0. The molecule has 0 radical (unpaired) electrons. The molecule has 0 bridgehead atoms. The largest absolute Gasteiger partial charge is 0.0984 e. The van der Waals surface area contributed by atoms with Crippen LogP contribution in [0.5, 0.6) is 0 Å². The maximum Gasteiger partial charge on any atom is -0.00424 e. The molecule has 0 saturated carbocycles. The van der Waals surface area contributed by atoms with E-state index in [1.807, 2.05) is 6.08 Å². The number of hydrogen-bond acceptors (Lipinski definition) is 0. The molecule has 2 rings (SSSR count). The summed E-state index contributed by atoms with van der Waals surface area (Å²) in [5, 5.41) is 0. The first-order valence-electron chi connectivity index (χ1n) is 4.47. The van der Waals surface area contributed by atoms with Crippen molar-refractivity contribution in [1.29, 1.82) is 0 Å². The zero-order chi connectivity index (χ0) is 9.26. The van der Waals surface area contributed by atoms with Crippen LogP contribution in [0.15, 0.2) is 36.9 Å². The molecule has 64 valence electrons. The van der Waals surface area contributed by atoms with Gasteiger partial charge in [0.05, 0.1) is 0 Å². The zero-order valence-electron chi connectivity index (χ0n) is 7.75. The van der Waals surface area contributed by atoms with Gasteiger partial charge in [-0.15, -0.1) is 0 Å². The van der Waals surface area contributed by atoms with Crippen LogP contribution in [0.4, 0.5) is 0 Å². The maximum absolute atomic E-state index is 3.82. The predicted octanol–water partition coefficient (Wildman–Crippen LogP) is 3.76. The molecule has 1 aliphatic carbocycles. The zero-order valence-corrected chi connectivity index (χ0v) is 7.75. The average molecular weight is 168 g/mol. The van der Waals surface area contributed by atoms with Crippen molar-refractivity contribution in [3.8, 4) is 0 Å². The fourth-order valence-electron chi connectivity index (χ4n) is 1.73. The first-order valence-corrected chi connectivity index (χ1v) is 4.47. The molecule has 0 aliphatic heterocycles. The molecular weight excluding hydrogens is 156 g/mol. The van der Waals surface area contributed by atoms with E-state index in [9.17, 15) is 0 Å². The molecule has 0 nitrogen and oxygen atoms in total. The van der Waals surface area contributed by atoms with E-state index in [-0.39, 0.29) is 0 Å². The van der Waals surface area contributed by atoms with Crippen molar-refractivity contribution in [3.63, 3.8) is 0 Å². The van der Waals surface area contributed by atoms with E-state index in [0.717, 1.165) is 0 Å². The van der Waals surface area contributed by atoms with Gasteiger partial charge < -0.3 is 0 Å². The van der Waals surface area contributed by atoms with Gasteiger partial charge in [-0.25, -0.2) is 0 Å². The summed E-state index contributed by atoms with van der Waals surface area (Å²) in [6, 6.07) is 6.30. The molecule has 0 spiro atoms. The van der Waals surface area contributed by atoms with Gasteiger partial charge in [-0.3, -0.25) is 0 Å². The molecule has 0 fully saturated rings. The summed E-state index contributed by atoms with van der Waals surface area (Å²) >= 11 is 0. The lowest BCUT2D eigenvalue weighted by atomic mass is 9.99. The molecule has 13 heavy (non-hydrogen) atoms. The molecule has 0 amide bonds. The Kier molecular flexibility index (Phi) is 1.90. The smallest absolute Gasteiger partial charge is 0.00424 e. The van der Waals surface area contributed by atoms with Crippen LogP contribution in [0.1, 0.15) is 23.6 Å². The minimum atomic E-state index is 1.22. The van der Waals surface area contributed by atoms with Crippen LogP contribution in [0.3, 0.4) is 0 Å². The van der Waals surface area contributed by atoms with E-state index in [1.165, 1.54) is 22.3 Å². The Bertz CT molecular complexity index is 406. The van der Waals surface area contributed by atoms with Crippen LogP contribution >= 0.6 is 0 Å². The number of fused-ring (bicyclic) bond motifs is 1. The first kappa shape index (κ1) is 8.06. The van der Waals surface area contributed by atoms with Crippen molar-refractivity contribution in [2.24, 2.45) is 0 Å². The normalized spacial score (nSPS) is 16.2. The van der Waals surface area contributed by atoms with Crippen molar-refractivity contribution < 1.29 is 0 Å². The van der Waals surface area contributed by atoms with Gasteiger partial charge >= 0.3 is 0 Å². The molecule has 1 aliphatic rings. The first-order chi connectivity index (χ1) is 6.36. The fraction of sp³-hybridized carbons (Fsp3) is 0.0769. The third-order valence-corrected chi connectivity index (χ3v) is 2.39. The second-order valence-corrected chi connectivity index (χ2v) is 3.09. The van der Waals surface area contributed by atoms with Gasteiger partial charge in [0.25, 0.3) is 0 Å². The molecule has 1 aromatic carbocycles. The predicted molar refractivity (Wildman–Crippen MR) is 59.2 cm³/mol. The third-order valence-electron chi connectivity index (χ3n) is 2.39. The number of hydrogen-bond donors (Lipinski definition) is 0. The van der Waals surface area contributed by atoms with Gasteiger partial charge in [0, 0.05) is 0 Å². The van der Waals surface area contributed by atoms with Crippen molar-refractivity contribution in [2.45, 2.75) is 6.92 Å². The number of benzene rings is 1. The Labute approximate surface area is 78.9 Å². The standard InChI is InChI=1S/C13H12/c1-3-10-6-5-7-12-9-8-11(4-2)13(10)12/h3-9H,1H2,2H3/b11-4-. The highest BCUT2D eigenvalue weighted by atomic mass is 14.2. The minimum absolute atomic E-state index is 1.22. The summed E-state index contributed by atoms with van der Waals surface area (Å²) < 4.78 is 0. The van der Waals surface area contributed by atoms with Crippen LogP contribution < -0.4 is 0 Å². The molecule has 0 heteroatoms. The lowest BCUT2D eigenvalue weighted by Gasteiger charge is -2.05. The Morgan fingerprint density at radius 3 is 2.77 bits per heavy atom. The summed E-state index contributed by atoms with van der Waals surface area (Å²) in [6.07, 6.45) is 8.35. The lowest BCUT2D eigenvalue weighted by molar-refractivity contribution is 1.56. The van der Waals surface area contributed by atoms with Gasteiger partial charge in [0.1, 0.15) is 0 Å². The van der Waals surface area contributed by atoms with Crippen molar-refractivity contribution in [2.75, 3.05) is 0 Å². The monoisotopic (exact) mass is 168 g/mol. The molecular formula is C13H12. The molecule has 1 aromatic rings. The van der Waals surface area contributed by atoms with Crippen molar-refractivity contribution in [1.82, 2.24) is 0 Å². The quantitative estimate of drug-likeness (QED) is 0.599. The summed E-state index contributed by atoms with van der Waals surface area (Å²) in [5.41, 5.74) is 5.13. The SMILES string of the molecule is C=Cc1cccc2c1/C(=C\C)C=C2. The van der Waals surface area contributed by atoms with Crippen molar-refractivity contribution >= 4 is 17.7 Å². The van der Waals surface area contributed by atoms with Gasteiger partial charge in [0.15, 0.2) is 0 Å². The van der Waals surface area contributed by atoms with E-state index in [0.29, 0.717) is 0 Å². The highest BCUT2D eigenvalue weighted by molar-refractivity contribution is 5.93. The van der Waals surface area contributed by atoms with Gasteiger partial charge in [-0.05, 0) is 29.2 Å². The maximum atomic E-state index is 3.82. The minimum Gasteiger partial charge on any atom is -0.0984 e. The molecule has 0 heterocycles. The highest BCUT2D eigenvalue weighted by Crippen LogP contribution is 2.32. The van der Waals surface area contributed by atoms with Gasteiger partial charge in [-0.1, -0.05) is 49.1 Å². The van der Waals surface area contributed by atoms with Gasteiger partial charge in [0.2, 0.25) is 0 Å². The Balaban J connectivity index is 2.71. The molecule has 0 atom stereocenters. The van der Waals surface area contributed by atoms with Crippen LogP contribution in [0, 0.1) is 0 Å². The lowest BCUT2D eigenvalue weighted by Crippen LogP contribution is -1.85. The highest BCUT2D eigenvalue weighted by Gasteiger charge is 2.11. The second-order valence-electron chi connectivity index (χ2n) is 3.09. The topological polar surface area (TPSA) is 0 Å². The summed E-state index contributed by atoms with van der Waals surface area (Å²) in [4.78, 5) is 0. The van der Waals surface area contributed by atoms with E-state index < -0.39 is 0 Å². The number of allylic oxidation sites excluding steroid dienone is 3. The van der Waals surface area contributed by atoms with Crippen molar-refractivity contribution in [3.05, 3.63) is 53.6 Å². The molecule has 0 saturated heterocycles.